The van der Waals surface area contributed by atoms with Crippen LogP contribution in [0.15, 0.2) is 22.7 Å². The first-order valence-electron chi connectivity index (χ1n) is 6.96. The summed E-state index contributed by atoms with van der Waals surface area (Å²) in [6, 6.07) is 3.39. The van der Waals surface area contributed by atoms with Gasteiger partial charge in [-0.05, 0) is 49.3 Å². The summed E-state index contributed by atoms with van der Waals surface area (Å²) in [4.78, 5) is 14.1. The Kier molecular flexibility index (Phi) is 3.55. The number of likely N-dealkylation sites (tertiary alicyclic amines) is 1. The zero-order valence-electron chi connectivity index (χ0n) is 11.3. The molecule has 1 amide bonds. The number of halogens is 4. The number of hydrogen-bond acceptors (Lipinski definition) is 1. The lowest BCUT2D eigenvalue weighted by Gasteiger charge is -2.32. The van der Waals surface area contributed by atoms with Gasteiger partial charge < -0.3 is 4.90 Å². The molecule has 0 atom stereocenters. The highest BCUT2D eigenvalue weighted by atomic mass is 79.9. The van der Waals surface area contributed by atoms with E-state index in [0.29, 0.717) is 18.5 Å². The van der Waals surface area contributed by atoms with Crippen molar-refractivity contribution in [3.63, 3.8) is 0 Å². The van der Waals surface area contributed by atoms with Crippen LogP contribution in [0.5, 0.6) is 0 Å². The van der Waals surface area contributed by atoms with Gasteiger partial charge in [-0.1, -0.05) is 15.9 Å². The van der Waals surface area contributed by atoms with Gasteiger partial charge in [-0.2, -0.15) is 13.2 Å². The molecule has 6 heteroatoms. The fourth-order valence-corrected chi connectivity index (χ4v) is 3.41. The van der Waals surface area contributed by atoms with Crippen molar-refractivity contribution >= 4 is 21.8 Å². The van der Waals surface area contributed by atoms with E-state index in [1.165, 1.54) is 18.9 Å². The van der Waals surface area contributed by atoms with E-state index in [1.807, 2.05) is 0 Å². The number of piperidine rings is 1. The van der Waals surface area contributed by atoms with Gasteiger partial charge in [0, 0.05) is 23.1 Å². The molecule has 1 heterocycles. The van der Waals surface area contributed by atoms with Crippen LogP contribution in [0.2, 0.25) is 0 Å². The lowest BCUT2D eigenvalue weighted by Crippen LogP contribution is -2.39. The van der Waals surface area contributed by atoms with Gasteiger partial charge in [0.05, 0.1) is 5.56 Å². The minimum absolute atomic E-state index is 0.100. The molecule has 2 fully saturated rings. The maximum atomic E-state index is 12.8. The molecule has 0 bridgehead atoms. The van der Waals surface area contributed by atoms with E-state index in [9.17, 15) is 18.0 Å². The van der Waals surface area contributed by atoms with Crippen LogP contribution in [0.1, 0.15) is 41.6 Å². The summed E-state index contributed by atoms with van der Waals surface area (Å²) in [7, 11) is 0. The van der Waals surface area contributed by atoms with Gasteiger partial charge in [0.1, 0.15) is 0 Å². The van der Waals surface area contributed by atoms with E-state index in [2.05, 4.69) is 15.9 Å². The summed E-state index contributed by atoms with van der Waals surface area (Å²) in [5.74, 6) is -0.308. The highest BCUT2D eigenvalue weighted by molar-refractivity contribution is 9.10. The van der Waals surface area contributed by atoms with Gasteiger partial charge in [-0.3, -0.25) is 4.79 Å². The summed E-state index contributed by atoms with van der Waals surface area (Å²) < 4.78 is 38.7. The first-order valence-corrected chi connectivity index (χ1v) is 7.76. The number of rotatable bonds is 1. The van der Waals surface area contributed by atoms with Gasteiger partial charge in [0.25, 0.3) is 5.91 Å². The van der Waals surface area contributed by atoms with Crippen LogP contribution >= 0.6 is 15.9 Å². The van der Waals surface area contributed by atoms with Gasteiger partial charge in [-0.15, -0.1) is 0 Å². The number of hydrogen-bond donors (Lipinski definition) is 0. The molecule has 0 radical (unpaired) electrons. The first kappa shape index (κ1) is 14.9. The summed E-state index contributed by atoms with van der Waals surface area (Å²) in [6.45, 7) is 1.29. The Bertz CT molecular complexity index is 571. The van der Waals surface area contributed by atoms with Crippen LogP contribution in [0, 0.1) is 5.41 Å². The SMILES string of the molecule is O=C(c1cc(Br)cc(C(F)(F)F)c1)N1CCC2(CC1)CC2. The van der Waals surface area contributed by atoms with E-state index in [1.54, 1.807) is 4.90 Å². The van der Waals surface area contributed by atoms with E-state index in [0.717, 1.165) is 25.0 Å². The molecular weight excluding hydrogens is 347 g/mol. The number of nitrogens with zero attached hydrogens (tertiary/aromatic N) is 1. The molecular formula is C15H15BrF3NO. The Hall–Kier alpha value is -1.04. The molecule has 2 nitrogen and oxygen atoms in total. The lowest BCUT2D eigenvalue weighted by molar-refractivity contribution is -0.137. The molecule has 0 N–H and O–H groups in total. The third kappa shape index (κ3) is 3.10. The summed E-state index contributed by atoms with van der Waals surface area (Å²) >= 11 is 3.06. The predicted octanol–water partition coefficient (Wildman–Crippen LogP) is 4.48. The molecule has 1 aliphatic heterocycles. The average Bonchev–Trinajstić information content (AvgIpc) is 3.17. The quantitative estimate of drug-likeness (QED) is 0.721. The first-order chi connectivity index (χ1) is 9.79. The maximum absolute atomic E-state index is 12.8. The standard InChI is InChI=1S/C15H15BrF3NO/c16-12-8-10(7-11(9-12)15(17,18)19)13(21)20-5-3-14(1-2-14)4-6-20/h7-9H,1-6H2. The monoisotopic (exact) mass is 361 g/mol. The fraction of sp³-hybridized carbons (Fsp3) is 0.533. The van der Waals surface area contributed by atoms with Crippen LogP contribution in [0.25, 0.3) is 0 Å². The Morgan fingerprint density at radius 1 is 1.10 bits per heavy atom. The highest BCUT2D eigenvalue weighted by Gasteiger charge is 2.45. The number of alkyl halides is 3. The second-order valence-electron chi connectivity index (χ2n) is 6.02. The molecule has 3 rings (SSSR count). The molecule has 0 aromatic heterocycles. The maximum Gasteiger partial charge on any atom is 0.416 e. The lowest BCUT2D eigenvalue weighted by atomic mass is 9.93. The van der Waals surface area contributed by atoms with Crippen molar-refractivity contribution < 1.29 is 18.0 Å². The van der Waals surface area contributed by atoms with Gasteiger partial charge in [0.15, 0.2) is 0 Å². The molecule has 1 saturated carbocycles. The molecule has 114 valence electrons. The Morgan fingerprint density at radius 2 is 1.71 bits per heavy atom. The number of amides is 1. The van der Waals surface area contributed by atoms with E-state index in [-0.39, 0.29) is 15.9 Å². The molecule has 21 heavy (non-hydrogen) atoms. The zero-order chi connectivity index (χ0) is 15.3. The molecule has 1 aliphatic carbocycles. The Labute approximate surface area is 129 Å². The zero-order valence-corrected chi connectivity index (χ0v) is 12.9. The van der Waals surface area contributed by atoms with Crippen molar-refractivity contribution in [1.82, 2.24) is 4.90 Å². The molecule has 1 saturated heterocycles. The minimum Gasteiger partial charge on any atom is -0.339 e. The number of carbonyl (C=O) groups is 1. The van der Waals surface area contributed by atoms with Crippen molar-refractivity contribution in [1.29, 1.82) is 0 Å². The van der Waals surface area contributed by atoms with Crippen LogP contribution in [-0.2, 0) is 6.18 Å². The largest absolute Gasteiger partial charge is 0.416 e. The molecule has 1 aromatic rings. The topological polar surface area (TPSA) is 20.3 Å². The van der Waals surface area contributed by atoms with E-state index in [4.69, 9.17) is 0 Å². The van der Waals surface area contributed by atoms with Gasteiger partial charge >= 0.3 is 6.18 Å². The molecule has 2 aliphatic rings. The Morgan fingerprint density at radius 3 is 2.24 bits per heavy atom. The normalized spacial score (nSPS) is 20.7. The predicted molar refractivity (Wildman–Crippen MR) is 75.9 cm³/mol. The van der Waals surface area contributed by atoms with Crippen molar-refractivity contribution in [2.75, 3.05) is 13.1 Å². The van der Waals surface area contributed by atoms with Crippen molar-refractivity contribution in [3.8, 4) is 0 Å². The smallest absolute Gasteiger partial charge is 0.339 e. The van der Waals surface area contributed by atoms with Crippen molar-refractivity contribution in [3.05, 3.63) is 33.8 Å². The third-order valence-corrected chi connectivity index (χ3v) is 5.00. The third-order valence-electron chi connectivity index (χ3n) is 4.54. The van der Waals surface area contributed by atoms with E-state index >= 15 is 0 Å². The average molecular weight is 362 g/mol. The molecule has 0 unspecified atom stereocenters. The molecule has 1 aromatic carbocycles. The van der Waals surface area contributed by atoms with Gasteiger partial charge in [0.2, 0.25) is 0 Å². The van der Waals surface area contributed by atoms with Crippen LogP contribution in [0.3, 0.4) is 0 Å². The summed E-state index contributed by atoms with van der Waals surface area (Å²) in [5.41, 5.74) is -0.259. The fourth-order valence-electron chi connectivity index (χ4n) is 2.92. The van der Waals surface area contributed by atoms with Crippen LogP contribution in [0.4, 0.5) is 13.2 Å². The second-order valence-corrected chi connectivity index (χ2v) is 6.93. The number of carbonyl (C=O) groups excluding carboxylic acids is 1. The van der Waals surface area contributed by atoms with Crippen molar-refractivity contribution in [2.24, 2.45) is 5.41 Å². The van der Waals surface area contributed by atoms with Crippen LogP contribution < -0.4 is 0 Å². The summed E-state index contributed by atoms with van der Waals surface area (Å²) in [5, 5.41) is 0. The van der Waals surface area contributed by atoms with E-state index < -0.39 is 11.7 Å². The second kappa shape index (κ2) is 5.00. The number of benzene rings is 1. The summed E-state index contributed by atoms with van der Waals surface area (Å²) in [6.07, 6.45) is -0.0508. The minimum atomic E-state index is -4.45. The Balaban J connectivity index is 1.79. The van der Waals surface area contributed by atoms with Crippen LogP contribution in [-0.4, -0.2) is 23.9 Å². The van der Waals surface area contributed by atoms with Gasteiger partial charge in [-0.25, -0.2) is 0 Å². The molecule has 1 spiro atoms. The van der Waals surface area contributed by atoms with Crippen molar-refractivity contribution in [2.45, 2.75) is 31.9 Å². The highest BCUT2D eigenvalue weighted by Crippen LogP contribution is 2.53.